The number of ether oxygens (including phenoxy) is 1. The van der Waals surface area contributed by atoms with Crippen molar-refractivity contribution in [3.8, 4) is 0 Å². The first-order chi connectivity index (χ1) is 12.5. The molecule has 150 valence electrons. The van der Waals surface area contributed by atoms with E-state index in [-0.39, 0.29) is 23.0 Å². The molecular formula is C17H26N4O4S2. The summed E-state index contributed by atoms with van der Waals surface area (Å²) in [7, 11) is 4.43. The third-order valence-electron chi connectivity index (χ3n) is 3.68. The number of carbonyl (C=O) groups is 2. The summed E-state index contributed by atoms with van der Waals surface area (Å²) in [6, 6.07) is -0.965. The van der Waals surface area contributed by atoms with Gasteiger partial charge in [-0.1, -0.05) is 66.5 Å². The Kier molecular flexibility index (Phi) is 9.08. The van der Waals surface area contributed by atoms with Gasteiger partial charge in [0.25, 0.3) is 0 Å². The zero-order chi connectivity index (χ0) is 20.6. The number of amides is 1. The highest BCUT2D eigenvalue weighted by Gasteiger charge is 2.29. The molecule has 0 bridgehead atoms. The minimum Gasteiger partial charge on any atom is -0.480 e. The van der Waals surface area contributed by atoms with Crippen LogP contribution in [0, 0.1) is 5.92 Å². The van der Waals surface area contributed by atoms with E-state index in [0.29, 0.717) is 12.1 Å². The molecule has 1 aliphatic rings. The van der Waals surface area contributed by atoms with Crippen molar-refractivity contribution in [3.63, 3.8) is 0 Å². The molecule has 10 heteroatoms. The first kappa shape index (κ1) is 23.3. The van der Waals surface area contributed by atoms with Gasteiger partial charge in [-0.25, -0.2) is 9.59 Å². The van der Waals surface area contributed by atoms with Gasteiger partial charge in [-0.2, -0.15) is 0 Å². The van der Waals surface area contributed by atoms with Crippen molar-refractivity contribution in [2.75, 3.05) is 19.4 Å². The summed E-state index contributed by atoms with van der Waals surface area (Å²) in [5.41, 5.74) is 10.0. The summed E-state index contributed by atoms with van der Waals surface area (Å²) < 4.78 is 5.27. The van der Waals surface area contributed by atoms with Gasteiger partial charge in [0.1, 0.15) is 12.6 Å². The van der Waals surface area contributed by atoms with E-state index < -0.39 is 18.1 Å². The number of aliphatic carboxylic acids is 1. The number of hydrogen-bond donors (Lipinski definition) is 1. The van der Waals surface area contributed by atoms with Gasteiger partial charge in [0.05, 0.1) is 0 Å². The molecule has 0 fully saturated rings. The van der Waals surface area contributed by atoms with Crippen molar-refractivity contribution in [1.29, 1.82) is 0 Å². The summed E-state index contributed by atoms with van der Waals surface area (Å²) in [6.07, 6.45) is 3.41. The zero-order valence-electron chi connectivity index (χ0n) is 16.2. The molecule has 0 saturated carbocycles. The number of carboxylic acids is 1. The molecule has 0 radical (unpaired) electrons. The molecule has 0 aromatic carbocycles. The molecule has 0 aromatic heterocycles. The molecular weight excluding hydrogens is 388 g/mol. The number of nitrogens with zero attached hydrogens (tertiary/aromatic N) is 4. The van der Waals surface area contributed by atoms with Gasteiger partial charge in [0.15, 0.2) is 0 Å². The van der Waals surface area contributed by atoms with Crippen molar-refractivity contribution >= 4 is 33.7 Å². The number of allylic oxidation sites excluding steroid dienone is 3. The minimum absolute atomic E-state index is 0.00108. The maximum atomic E-state index is 12.3. The molecule has 0 saturated heterocycles. The molecule has 1 rings (SSSR count). The average molecular weight is 415 g/mol. The smallest absolute Gasteiger partial charge is 0.410 e. The highest BCUT2D eigenvalue weighted by molar-refractivity contribution is 8.77. The van der Waals surface area contributed by atoms with E-state index in [1.165, 1.54) is 17.8 Å². The van der Waals surface area contributed by atoms with Gasteiger partial charge in [0, 0.05) is 28.2 Å². The molecule has 0 heterocycles. The third-order valence-corrected chi connectivity index (χ3v) is 7.01. The molecule has 27 heavy (non-hydrogen) atoms. The van der Waals surface area contributed by atoms with E-state index in [1.54, 1.807) is 22.9 Å². The summed E-state index contributed by atoms with van der Waals surface area (Å²) in [5.74, 6) is -0.764. The number of carbonyl (C=O) groups excluding carboxylic acids is 1. The van der Waals surface area contributed by atoms with Crippen LogP contribution in [0.25, 0.3) is 10.4 Å². The normalized spacial score (nSPS) is 17.9. The molecule has 1 amide bonds. The summed E-state index contributed by atoms with van der Waals surface area (Å²) in [4.78, 5) is 27.7. The Morgan fingerprint density at radius 3 is 2.67 bits per heavy atom. The van der Waals surface area contributed by atoms with E-state index in [1.807, 2.05) is 27.7 Å². The Bertz CT molecular complexity index is 666. The second-order valence-electron chi connectivity index (χ2n) is 7.21. The Labute approximate surface area is 167 Å². The molecule has 1 N–H and O–H groups in total. The largest absolute Gasteiger partial charge is 0.480 e. The highest BCUT2D eigenvalue weighted by atomic mass is 33.1. The van der Waals surface area contributed by atoms with Crippen molar-refractivity contribution in [2.24, 2.45) is 11.0 Å². The first-order valence-electron chi connectivity index (χ1n) is 8.43. The van der Waals surface area contributed by atoms with Crippen LogP contribution in [0.3, 0.4) is 0 Å². The van der Waals surface area contributed by atoms with Crippen LogP contribution in [0.4, 0.5) is 4.79 Å². The average Bonchev–Trinajstić information content (AvgIpc) is 2.57. The number of carboxylic acid groups (broad SMARTS) is 1. The Morgan fingerprint density at radius 1 is 1.48 bits per heavy atom. The quantitative estimate of drug-likeness (QED) is 0.263. The minimum atomic E-state index is -1.07. The summed E-state index contributed by atoms with van der Waals surface area (Å²) >= 11 is 0. The lowest BCUT2D eigenvalue weighted by Crippen LogP contribution is -2.44. The van der Waals surface area contributed by atoms with Crippen LogP contribution in [-0.4, -0.2) is 52.3 Å². The van der Waals surface area contributed by atoms with Gasteiger partial charge < -0.3 is 9.84 Å². The lowest BCUT2D eigenvalue weighted by Gasteiger charge is -2.26. The number of rotatable bonds is 8. The Balaban J connectivity index is 2.61. The van der Waals surface area contributed by atoms with Gasteiger partial charge in [0.2, 0.25) is 0 Å². The predicted molar refractivity (Wildman–Crippen MR) is 109 cm³/mol. The predicted octanol–water partition coefficient (Wildman–Crippen LogP) is 4.85. The summed E-state index contributed by atoms with van der Waals surface area (Å²) in [6.45, 7) is 8.12. The Hall–Kier alpha value is -1.77. The van der Waals surface area contributed by atoms with Crippen LogP contribution in [-0.2, 0) is 9.53 Å². The second-order valence-corrected chi connectivity index (χ2v) is 10.4. The van der Waals surface area contributed by atoms with Gasteiger partial charge >= 0.3 is 12.1 Å². The monoisotopic (exact) mass is 414 g/mol. The Morgan fingerprint density at radius 2 is 2.15 bits per heavy atom. The standard InChI is InChI=1S/C17H26N4O4S2/c1-11-8-12(6-7-13(11)19-20-18)9-25-16(24)21(5)14(15(22)23)10-26-27-17(2,3)4/h6-7,11,14H,8-10H2,1-5H3,(H,22,23)/t11?,14-/m1/s1. The van der Waals surface area contributed by atoms with Crippen molar-refractivity contribution < 1.29 is 19.4 Å². The lowest BCUT2D eigenvalue weighted by molar-refractivity contribution is -0.141. The molecule has 0 spiro atoms. The molecule has 0 aromatic rings. The maximum Gasteiger partial charge on any atom is 0.410 e. The van der Waals surface area contributed by atoms with Crippen molar-refractivity contribution in [1.82, 2.24) is 4.90 Å². The lowest BCUT2D eigenvalue weighted by atomic mass is 9.93. The molecule has 1 aliphatic carbocycles. The van der Waals surface area contributed by atoms with E-state index >= 15 is 0 Å². The van der Waals surface area contributed by atoms with E-state index in [4.69, 9.17) is 10.3 Å². The van der Waals surface area contributed by atoms with Crippen LogP contribution in [0.2, 0.25) is 0 Å². The fourth-order valence-corrected chi connectivity index (χ4v) is 4.80. The van der Waals surface area contributed by atoms with Crippen LogP contribution in [0.1, 0.15) is 34.1 Å². The van der Waals surface area contributed by atoms with Gasteiger partial charge in [-0.15, -0.1) is 0 Å². The number of azide groups is 1. The fourth-order valence-electron chi connectivity index (χ4n) is 2.23. The van der Waals surface area contributed by atoms with Crippen LogP contribution >= 0.6 is 21.6 Å². The SMILES string of the molecule is CC1CC(COC(=O)N(C)[C@H](CSSC(C)(C)C)C(=O)O)=CC=C1N=[N+]=[N-]. The topological polar surface area (TPSA) is 116 Å². The van der Waals surface area contributed by atoms with E-state index in [2.05, 4.69) is 10.0 Å². The summed E-state index contributed by atoms with van der Waals surface area (Å²) in [5, 5.41) is 13.0. The van der Waals surface area contributed by atoms with Crippen molar-refractivity contribution in [2.45, 2.75) is 44.9 Å². The molecule has 8 nitrogen and oxygen atoms in total. The van der Waals surface area contributed by atoms with Crippen molar-refractivity contribution in [3.05, 3.63) is 33.9 Å². The molecule has 0 aliphatic heterocycles. The number of likely N-dealkylation sites (N-methyl/N-ethyl adjacent to an activating group) is 1. The number of hydrogen-bond acceptors (Lipinski definition) is 6. The second kappa shape index (κ2) is 10.5. The van der Waals surface area contributed by atoms with E-state index in [9.17, 15) is 14.7 Å². The van der Waals surface area contributed by atoms with Gasteiger partial charge in [-0.05, 0) is 23.4 Å². The molecule has 2 atom stereocenters. The van der Waals surface area contributed by atoms with Crippen LogP contribution < -0.4 is 0 Å². The van der Waals surface area contributed by atoms with Crippen LogP contribution in [0.5, 0.6) is 0 Å². The zero-order valence-corrected chi connectivity index (χ0v) is 17.8. The van der Waals surface area contributed by atoms with E-state index in [0.717, 1.165) is 10.5 Å². The highest BCUT2D eigenvalue weighted by Crippen LogP contribution is 2.35. The molecule has 1 unspecified atom stereocenters. The van der Waals surface area contributed by atoms with Gasteiger partial charge in [-0.3, -0.25) is 4.90 Å². The fraction of sp³-hybridized carbons (Fsp3) is 0.647. The van der Waals surface area contributed by atoms with Crippen LogP contribution in [0.15, 0.2) is 28.5 Å². The third kappa shape index (κ3) is 8.19. The maximum absolute atomic E-state index is 12.3. The first-order valence-corrected chi connectivity index (χ1v) is 10.7.